The van der Waals surface area contributed by atoms with Crippen molar-refractivity contribution in [3.8, 4) is 27.2 Å². The Kier molecular flexibility index (Phi) is 3.65. The molecule has 0 aliphatic heterocycles. The highest BCUT2D eigenvalue weighted by Crippen LogP contribution is 2.35. The number of nitriles is 1. The largest absolute Gasteiger partial charge is 0.261 e. The predicted octanol–water partition coefficient (Wildman–Crippen LogP) is 3.89. The van der Waals surface area contributed by atoms with Gasteiger partial charge < -0.3 is 0 Å². The fourth-order valence-electron chi connectivity index (χ4n) is 2.14. The molecule has 0 aliphatic rings. The second-order valence-corrected chi connectivity index (χ2v) is 5.83. The first-order chi connectivity index (χ1) is 10.6. The van der Waals surface area contributed by atoms with Gasteiger partial charge in [0, 0.05) is 18.0 Å². The van der Waals surface area contributed by atoms with E-state index in [0.29, 0.717) is 16.1 Å². The topological polar surface area (TPSA) is 62.5 Å². The lowest BCUT2D eigenvalue weighted by Gasteiger charge is -2.02. The van der Waals surface area contributed by atoms with Crippen LogP contribution in [0.4, 0.5) is 4.39 Å². The number of pyridine rings is 2. The quantitative estimate of drug-likeness (QED) is 0.720. The number of hydrogen-bond donors (Lipinski definition) is 0. The van der Waals surface area contributed by atoms with Gasteiger partial charge in [-0.2, -0.15) is 5.26 Å². The summed E-state index contributed by atoms with van der Waals surface area (Å²) in [7, 11) is 0. The molecular weight excluding hydrogens is 299 g/mol. The van der Waals surface area contributed by atoms with Crippen molar-refractivity contribution in [2.24, 2.45) is 0 Å². The molecule has 0 bridgehead atoms. The highest BCUT2D eigenvalue weighted by Gasteiger charge is 2.15. The van der Waals surface area contributed by atoms with Crippen molar-refractivity contribution in [2.45, 2.75) is 13.8 Å². The Morgan fingerprint density at radius 3 is 2.68 bits per heavy atom. The van der Waals surface area contributed by atoms with Gasteiger partial charge in [-0.05, 0) is 31.5 Å². The Morgan fingerprint density at radius 2 is 2.00 bits per heavy atom. The van der Waals surface area contributed by atoms with Gasteiger partial charge >= 0.3 is 0 Å². The second kappa shape index (κ2) is 5.62. The van der Waals surface area contributed by atoms with E-state index in [1.54, 1.807) is 18.5 Å². The lowest BCUT2D eigenvalue weighted by Crippen LogP contribution is -1.89. The van der Waals surface area contributed by atoms with Crippen molar-refractivity contribution in [3.63, 3.8) is 0 Å². The first-order valence-corrected chi connectivity index (χ1v) is 7.35. The Morgan fingerprint density at radius 1 is 1.18 bits per heavy atom. The van der Waals surface area contributed by atoms with Gasteiger partial charge in [0.05, 0.1) is 28.0 Å². The van der Waals surface area contributed by atoms with E-state index >= 15 is 0 Å². The van der Waals surface area contributed by atoms with Gasteiger partial charge in [-0.1, -0.05) is 0 Å². The van der Waals surface area contributed by atoms with E-state index < -0.39 is 0 Å². The van der Waals surface area contributed by atoms with Crippen LogP contribution in [0.2, 0.25) is 0 Å². The molecule has 0 fully saturated rings. The fourth-order valence-corrected chi connectivity index (χ4v) is 3.25. The number of hydrogen-bond acceptors (Lipinski definition) is 5. The summed E-state index contributed by atoms with van der Waals surface area (Å²) < 4.78 is 13.3. The van der Waals surface area contributed by atoms with Crippen molar-refractivity contribution in [2.75, 3.05) is 0 Å². The number of rotatable bonds is 2. The average Bonchev–Trinajstić information content (AvgIpc) is 2.89. The first kappa shape index (κ1) is 14.3. The monoisotopic (exact) mass is 310 g/mol. The van der Waals surface area contributed by atoms with Gasteiger partial charge in [-0.3, -0.25) is 9.97 Å². The number of aromatic nitrogens is 3. The summed E-state index contributed by atoms with van der Waals surface area (Å²) in [4.78, 5) is 13.6. The minimum Gasteiger partial charge on any atom is -0.261 e. The molecule has 0 amide bonds. The lowest BCUT2D eigenvalue weighted by atomic mass is 10.1. The normalized spacial score (nSPS) is 10.5. The van der Waals surface area contributed by atoms with E-state index in [9.17, 15) is 4.39 Å². The molecule has 0 aromatic carbocycles. The molecule has 3 aromatic heterocycles. The van der Waals surface area contributed by atoms with Crippen LogP contribution in [0.3, 0.4) is 0 Å². The molecule has 3 rings (SSSR count). The summed E-state index contributed by atoms with van der Waals surface area (Å²) in [5.74, 6) is -0.389. The van der Waals surface area contributed by atoms with Gasteiger partial charge in [0.25, 0.3) is 0 Å². The zero-order valence-corrected chi connectivity index (χ0v) is 12.8. The van der Waals surface area contributed by atoms with E-state index in [1.165, 1.54) is 17.4 Å². The van der Waals surface area contributed by atoms with Crippen LogP contribution in [0.1, 0.15) is 16.8 Å². The van der Waals surface area contributed by atoms with Gasteiger partial charge in [-0.25, -0.2) is 9.37 Å². The number of halogens is 1. The molecule has 0 unspecified atom stereocenters. The van der Waals surface area contributed by atoms with Crippen LogP contribution in [0.25, 0.3) is 21.1 Å². The Labute approximate surface area is 130 Å². The molecule has 3 heterocycles. The molecule has 0 radical (unpaired) electrons. The lowest BCUT2D eigenvalue weighted by molar-refractivity contribution is 0.622. The molecule has 0 saturated carbocycles. The summed E-state index contributed by atoms with van der Waals surface area (Å²) in [6.45, 7) is 3.80. The zero-order chi connectivity index (χ0) is 15.7. The van der Waals surface area contributed by atoms with Crippen molar-refractivity contribution in [1.29, 1.82) is 5.26 Å². The molecule has 0 atom stereocenters. The maximum atomic E-state index is 13.3. The molecule has 3 aromatic rings. The van der Waals surface area contributed by atoms with Crippen LogP contribution in [-0.4, -0.2) is 15.0 Å². The van der Waals surface area contributed by atoms with Crippen LogP contribution in [0.15, 0.2) is 30.7 Å². The molecule has 0 aliphatic carbocycles. The standard InChI is InChI=1S/C16H11FN4S/c1-9-3-11(5-18)6-20-14(9)15-10(2)21-16(22-15)12-4-13(17)8-19-7-12/h3-4,6-8H,1-2H3. The summed E-state index contributed by atoms with van der Waals surface area (Å²) in [5, 5.41) is 9.61. The minimum absolute atomic E-state index is 0.389. The fraction of sp³-hybridized carbons (Fsp3) is 0.125. The summed E-state index contributed by atoms with van der Waals surface area (Å²) in [5.41, 5.74) is 3.70. The van der Waals surface area contributed by atoms with Gasteiger partial charge in [-0.15, -0.1) is 11.3 Å². The van der Waals surface area contributed by atoms with Crippen molar-refractivity contribution < 1.29 is 4.39 Å². The van der Waals surface area contributed by atoms with Crippen LogP contribution in [0.5, 0.6) is 0 Å². The third kappa shape index (κ3) is 2.59. The van der Waals surface area contributed by atoms with Crippen LogP contribution in [-0.2, 0) is 0 Å². The van der Waals surface area contributed by atoms with Crippen molar-refractivity contribution >= 4 is 11.3 Å². The predicted molar refractivity (Wildman–Crippen MR) is 82.7 cm³/mol. The molecule has 0 saturated heterocycles. The minimum atomic E-state index is -0.389. The first-order valence-electron chi connectivity index (χ1n) is 6.54. The highest BCUT2D eigenvalue weighted by atomic mass is 32.1. The van der Waals surface area contributed by atoms with Crippen LogP contribution < -0.4 is 0 Å². The summed E-state index contributed by atoms with van der Waals surface area (Å²) in [6, 6.07) is 5.28. The van der Waals surface area contributed by atoms with Gasteiger partial charge in [0.1, 0.15) is 16.9 Å². The van der Waals surface area contributed by atoms with Crippen molar-refractivity contribution in [3.05, 3.63) is 53.4 Å². The third-order valence-electron chi connectivity index (χ3n) is 3.17. The maximum absolute atomic E-state index is 13.3. The Balaban J connectivity index is 2.09. The van der Waals surface area contributed by atoms with Crippen LogP contribution in [0, 0.1) is 31.0 Å². The zero-order valence-electron chi connectivity index (χ0n) is 12.0. The molecular formula is C16H11FN4S. The highest BCUT2D eigenvalue weighted by molar-refractivity contribution is 7.18. The second-order valence-electron chi connectivity index (χ2n) is 4.83. The number of nitrogens with zero attached hydrogens (tertiary/aromatic N) is 4. The Bertz CT molecular complexity index is 895. The number of aryl methyl sites for hydroxylation is 2. The molecule has 4 nitrogen and oxygen atoms in total. The maximum Gasteiger partial charge on any atom is 0.142 e. The van der Waals surface area contributed by atoms with Crippen molar-refractivity contribution in [1.82, 2.24) is 15.0 Å². The number of thiazole rings is 1. The van der Waals surface area contributed by atoms with E-state index in [4.69, 9.17) is 5.26 Å². The van der Waals surface area contributed by atoms with Gasteiger partial charge in [0.2, 0.25) is 0 Å². The van der Waals surface area contributed by atoms with E-state index in [0.717, 1.165) is 28.0 Å². The molecule has 22 heavy (non-hydrogen) atoms. The Hall–Kier alpha value is -2.65. The molecule has 0 spiro atoms. The molecule has 0 N–H and O–H groups in total. The van der Waals surface area contributed by atoms with E-state index in [1.807, 2.05) is 13.8 Å². The SMILES string of the molecule is Cc1cc(C#N)cnc1-c1sc(-c2cncc(F)c2)nc1C. The summed E-state index contributed by atoms with van der Waals surface area (Å²) >= 11 is 1.44. The van der Waals surface area contributed by atoms with Gasteiger partial charge in [0.15, 0.2) is 0 Å². The smallest absolute Gasteiger partial charge is 0.142 e. The average molecular weight is 310 g/mol. The molecule has 108 valence electrons. The third-order valence-corrected chi connectivity index (χ3v) is 4.38. The van der Waals surface area contributed by atoms with E-state index in [2.05, 4.69) is 21.0 Å². The van der Waals surface area contributed by atoms with Crippen LogP contribution >= 0.6 is 11.3 Å². The molecule has 6 heteroatoms. The van der Waals surface area contributed by atoms with E-state index in [-0.39, 0.29) is 5.82 Å². The summed E-state index contributed by atoms with van der Waals surface area (Å²) in [6.07, 6.45) is 4.30.